The molecule has 0 unspecified atom stereocenters. The highest BCUT2D eigenvalue weighted by Gasteiger charge is 2.30. The summed E-state index contributed by atoms with van der Waals surface area (Å²) < 4.78 is 6.77. The van der Waals surface area contributed by atoms with Gasteiger partial charge < -0.3 is 15.4 Å². The first-order valence-corrected chi connectivity index (χ1v) is 9.75. The highest BCUT2D eigenvalue weighted by atomic mass is 79.9. The van der Waals surface area contributed by atoms with E-state index in [4.69, 9.17) is 4.74 Å². The minimum Gasteiger partial charge on any atom is -0.478 e. The van der Waals surface area contributed by atoms with Gasteiger partial charge in [-0.3, -0.25) is 9.59 Å². The zero-order valence-corrected chi connectivity index (χ0v) is 17.4. The number of halogens is 1. The molecule has 2 rings (SSSR count). The molecule has 2 amide bonds. The molecule has 0 aliphatic rings. The number of unbranched alkanes of at least 4 members (excludes halogenated alkanes) is 1. The lowest BCUT2D eigenvalue weighted by Crippen LogP contribution is -2.42. The standard InChI is InChI=1S/C21H25BrN2O3/c1-4-5-9-19(25)23-16-7-6-8-17(14-16)24-20(26)21(2,3)27-18-12-10-15(22)11-13-18/h6-8,10-14H,4-5,9H2,1-3H3,(H,23,25)(H,24,26). The Balaban J connectivity index is 2.00. The molecular formula is C21H25BrN2O3. The SMILES string of the molecule is CCCCC(=O)Nc1cccc(NC(=O)C(C)(C)Oc2ccc(Br)cc2)c1. The summed E-state index contributed by atoms with van der Waals surface area (Å²) in [6.45, 7) is 5.46. The molecule has 0 aliphatic carbocycles. The number of ether oxygens (including phenoxy) is 1. The van der Waals surface area contributed by atoms with Gasteiger partial charge >= 0.3 is 0 Å². The average molecular weight is 433 g/mol. The lowest BCUT2D eigenvalue weighted by molar-refractivity contribution is -0.128. The maximum atomic E-state index is 12.6. The first kappa shape index (κ1) is 21.0. The smallest absolute Gasteiger partial charge is 0.267 e. The second kappa shape index (κ2) is 9.55. The molecule has 0 aromatic heterocycles. The van der Waals surface area contributed by atoms with Crippen molar-refractivity contribution in [2.45, 2.75) is 45.6 Å². The molecule has 0 radical (unpaired) electrons. The maximum Gasteiger partial charge on any atom is 0.267 e. The zero-order valence-electron chi connectivity index (χ0n) is 15.8. The third-order valence-corrected chi connectivity index (χ3v) is 4.42. The van der Waals surface area contributed by atoms with Gasteiger partial charge in [0.15, 0.2) is 5.60 Å². The fourth-order valence-electron chi connectivity index (χ4n) is 2.36. The van der Waals surface area contributed by atoms with Crippen molar-refractivity contribution < 1.29 is 14.3 Å². The van der Waals surface area contributed by atoms with E-state index in [0.29, 0.717) is 23.5 Å². The van der Waals surface area contributed by atoms with Crippen LogP contribution in [0.4, 0.5) is 11.4 Å². The van der Waals surface area contributed by atoms with Crippen molar-refractivity contribution in [3.63, 3.8) is 0 Å². The van der Waals surface area contributed by atoms with E-state index < -0.39 is 5.60 Å². The Kier molecular flexibility index (Phi) is 7.42. The van der Waals surface area contributed by atoms with Gasteiger partial charge in [-0.1, -0.05) is 35.3 Å². The van der Waals surface area contributed by atoms with Crippen LogP contribution in [0.1, 0.15) is 40.0 Å². The van der Waals surface area contributed by atoms with Gasteiger partial charge in [0, 0.05) is 22.3 Å². The van der Waals surface area contributed by atoms with E-state index in [1.165, 1.54) is 0 Å². The Morgan fingerprint density at radius 2 is 1.67 bits per heavy atom. The van der Waals surface area contributed by atoms with Gasteiger partial charge in [0.05, 0.1) is 0 Å². The van der Waals surface area contributed by atoms with Crippen LogP contribution < -0.4 is 15.4 Å². The van der Waals surface area contributed by atoms with E-state index in [-0.39, 0.29) is 11.8 Å². The molecule has 0 fully saturated rings. The Labute approximate surface area is 168 Å². The Morgan fingerprint density at radius 1 is 1.04 bits per heavy atom. The van der Waals surface area contributed by atoms with Crippen molar-refractivity contribution in [1.82, 2.24) is 0 Å². The van der Waals surface area contributed by atoms with Gasteiger partial charge in [0.2, 0.25) is 5.91 Å². The second-order valence-corrected chi connectivity index (χ2v) is 7.67. The fourth-order valence-corrected chi connectivity index (χ4v) is 2.63. The minimum atomic E-state index is -1.06. The van der Waals surface area contributed by atoms with Gasteiger partial charge in [-0.2, -0.15) is 0 Å². The number of hydrogen-bond acceptors (Lipinski definition) is 3. The van der Waals surface area contributed by atoms with Crippen molar-refractivity contribution in [2.75, 3.05) is 10.6 Å². The van der Waals surface area contributed by atoms with Gasteiger partial charge in [-0.25, -0.2) is 0 Å². The quantitative estimate of drug-likeness (QED) is 0.588. The van der Waals surface area contributed by atoms with Crippen molar-refractivity contribution in [3.8, 4) is 5.75 Å². The van der Waals surface area contributed by atoms with Crippen LogP contribution in [0.25, 0.3) is 0 Å². The molecular weight excluding hydrogens is 408 g/mol. The predicted octanol–water partition coefficient (Wildman–Crippen LogP) is 5.37. The van der Waals surface area contributed by atoms with Crippen molar-refractivity contribution >= 4 is 39.1 Å². The summed E-state index contributed by atoms with van der Waals surface area (Å²) in [6, 6.07) is 14.4. The Hall–Kier alpha value is -2.34. The molecule has 0 saturated heterocycles. The van der Waals surface area contributed by atoms with Crippen molar-refractivity contribution in [1.29, 1.82) is 0 Å². The van der Waals surface area contributed by atoms with Gasteiger partial charge in [-0.05, 0) is 62.7 Å². The van der Waals surface area contributed by atoms with Crippen molar-refractivity contribution in [3.05, 3.63) is 53.0 Å². The number of carbonyl (C=O) groups is 2. The summed E-state index contributed by atoms with van der Waals surface area (Å²) in [5, 5.41) is 5.69. The predicted molar refractivity (Wildman–Crippen MR) is 112 cm³/mol. The van der Waals surface area contributed by atoms with E-state index in [1.54, 1.807) is 50.2 Å². The maximum absolute atomic E-state index is 12.6. The zero-order chi connectivity index (χ0) is 19.9. The highest BCUT2D eigenvalue weighted by Crippen LogP contribution is 2.23. The molecule has 5 nitrogen and oxygen atoms in total. The number of rotatable bonds is 8. The van der Waals surface area contributed by atoms with E-state index >= 15 is 0 Å². The number of carbonyl (C=O) groups excluding carboxylic acids is 2. The Bertz CT molecular complexity index is 788. The van der Waals surface area contributed by atoms with Crippen LogP contribution in [0.15, 0.2) is 53.0 Å². The lowest BCUT2D eigenvalue weighted by atomic mass is 10.1. The lowest BCUT2D eigenvalue weighted by Gasteiger charge is -2.25. The topological polar surface area (TPSA) is 67.4 Å². The summed E-state index contributed by atoms with van der Waals surface area (Å²) in [7, 11) is 0. The van der Waals surface area contributed by atoms with Crippen LogP contribution in [0.2, 0.25) is 0 Å². The van der Waals surface area contributed by atoms with Crippen LogP contribution >= 0.6 is 15.9 Å². The summed E-state index contributed by atoms with van der Waals surface area (Å²) >= 11 is 3.37. The summed E-state index contributed by atoms with van der Waals surface area (Å²) in [5.74, 6) is 0.300. The third-order valence-electron chi connectivity index (χ3n) is 3.90. The van der Waals surface area contributed by atoms with E-state index in [9.17, 15) is 9.59 Å². The van der Waals surface area contributed by atoms with Gasteiger partial charge in [0.25, 0.3) is 5.91 Å². The van der Waals surface area contributed by atoms with E-state index in [0.717, 1.165) is 17.3 Å². The molecule has 0 aliphatic heterocycles. The van der Waals surface area contributed by atoms with Crippen LogP contribution in [0.5, 0.6) is 5.75 Å². The molecule has 0 bridgehead atoms. The molecule has 0 spiro atoms. The molecule has 144 valence electrons. The molecule has 0 heterocycles. The Morgan fingerprint density at radius 3 is 2.30 bits per heavy atom. The highest BCUT2D eigenvalue weighted by molar-refractivity contribution is 9.10. The molecule has 27 heavy (non-hydrogen) atoms. The normalized spacial score (nSPS) is 11.0. The van der Waals surface area contributed by atoms with Crippen LogP contribution in [0.3, 0.4) is 0 Å². The largest absolute Gasteiger partial charge is 0.478 e. The summed E-state index contributed by atoms with van der Waals surface area (Å²) in [4.78, 5) is 24.5. The molecule has 2 aromatic carbocycles. The average Bonchev–Trinajstić information content (AvgIpc) is 2.62. The van der Waals surface area contributed by atoms with E-state index in [2.05, 4.69) is 26.6 Å². The van der Waals surface area contributed by atoms with Gasteiger partial charge in [0.1, 0.15) is 5.75 Å². The van der Waals surface area contributed by atoms with Crippen molar-refractivity contribution in [2.24, 2.45) is 0 Å². The van der Waals surface area contributed by atoms with Gasteiger partial charge in [-0.15, -0.1) is 0 Å². The first-order valence-electron chi connectivity index (χ1n) is 8.96. The summed E-state index contributed by atoms with van der Waals surface area (Å²) in [5.41, 5.74) is 0.190. The van der Waals surface area contributed by atoms with E-state index in [1.807, 2.05) is 19.1 Å². The van der Waals surface area contributed by atoms with Crippen LogP contribution in [-0.2, 0) is 9.59 Å². The number of anilines is 2. The number of hydrogen-bond donors (Lipinski definition) is 2. The number of nitrogens with one attached hydrogen (secondary N) is 2. The molecule has 6 heteroatoms. The monoisotopic (exact) mass is 432 g/mol. The molecule has 0 atom stereocenters. The number of benzene rings is 2. The minimum absolute atomic E-state index is 0.0285. The fraction of sp³-hybridized carbons (Fsp3) is 0.333. The number of amides is 2. The van der Waals surface area contributed by atoms with Crippen LogP contribution in [-0.4, -0.2) is 17.4 Å². The van der Waals surface area contributed by atoms with Crippen LogP contribution in [0, 0.1) is 0 Å². The second-order valence-electron chi connectivity index (χ2n) is 6.75. The molecule has 2 aromatic rings. The third kappa shape index (κ3) is 6.71. The molecule has 2 N–H and O–H groups in total. The summed E-state index contributed by atoms with van der Waals surface area (Å²) in [6.07, 6.45) is 2.31. The first-order chi connectivity index (χ1) is 12.8. The molecule has 0 saturated carbocycles.